The average molecular weight is 453 g/mol. The third kappa shape index (κ3) is 7.86. The first-order valence-corrected chi connectivity index (χ1v) is 11.4. The van der Waals surface area contributed by atoms with Gasteiger partial charge in [-0.3, -0.25) is 0 Å². The number of benzene rings is 2. The van der Waals surface area contributed by atoms with Gasteiger partial charge in [0.25, 0.3) is 0 Å². The predicted molar refractivity (Wildman–Crippen MR) is 128 cm³/mol. The summed E-state index contributed by atoms with van der Waals surface area (Å²) in [5.74, 6) is -0.655. The van der Waals surface area contributed by atoms with Gasteiger partial charge in [0.05, 0.1) is 33.0 Å². The van der Waals surface area contributed by atoms with E-state index in [0.29, 0.717) is 26.4 Å². The first kappa shape index (κ1) is 24.7. The number of nitrogens with zero attached hydrogens (tertiary/aromatic N) is 2. The SMILES string of the molecule is COCCOCCOCCOC(=O)/C(C#N)=C/c1ccc2cc(N3CCCCC3)ccc2c1. The Hall–Kier alpha value is -2.92. The van der Waals surface area contributed by atoms with Gasteiger partial charge < -0.3 is 23.8 Å². The quantitative estimate of drug-likeness (QED) is 0.209. The van der Waals surface area contributed by atoms with Crippen molar-refractivity contribution in [3.05, 3.63) is 47.5 Å². The van der Waals surface area contributed by atoms with Gasteiger partial charge in [-0.2, -0.15) is 5.26 Å². The van der Waals surface area contributed by atoms with Crippen molar-refractivity contribution in [2.24, 2.45) is 0 Å². The van der Waals surface area contributed by atoms with Crippen LogP contribution in [0.1, 0.15) is 24.8 Å². The van der Waals surface area contributed by atoms with E-state index in [4.69, 9.17) is 18.9 Å². The summed E-state index contributed by atoms with van der Waals surface area (Å²) in [6.07, 6.45) is 5.35. The molecular formula is C26H32N2O5. The van der Waals surface area contributed by atoms with Crippen LogP contribution < -0.4 is 4.90 Å². The number of ether oxygens (including phenoxy) is 4. The molecule has 0 saturated carbocycles. The van der Waals surface area contributed by atoms with Crippen LogP contribution in [0.2, 0.25) is 0 Å². The monoisotopic (exact) mass is 452 g/mol. The van der Waals surface area contributed by atoms with E-state index >= 15 is 0 Å². The minimum Gasteiger partial charge on any atom is -0.459 e. The lowest BCUT2D eigenvalue weighted by Gasteiger charge is -2.29. The van der Waals surface area contributed by atoms with Crippen LogP contribution in [-0.2, 0) is 23.7 Å². The molecule has 33 heavy (non-hydrogen) atoms. The molecule has 0 radical (unpaired) electrons. The van der Waals surface area contributed by atoms with E-state index in [1.165, 1.54) is 24.9 Å². The molecule has 7 nitrogen and oxygen atoms in total. The first-order chi connectivity index (χ1) is 16.2. The normalized spacial score (nSPS) is 14.3. The number of methoxy groups -OCH3 is 1. The number of carbonyl (C=O) groups is 1. The molecule has 0 spiro atoms. The number of carbonyl (C=O) groups excluding carboxylic acids is 1. The van der Waals surface area contributed by atoms with Crippen molar-refractivity contribution < 1.29 is 23.7 Å². The standard InChI is InChI=1S/C26H32N2O5/c1-30-11-12-31-13-14-32-15-16-33-26(29)24(20-27)18-21-5-6-23-19-25(8-7-22(23)17-21)28-9-3-2-4-10-28/h5-8,17-19H,2-4,9-16H2,1H3/b24-18+. The zero-order valence-corrected chi connectivity index (χ0v) is 19.3. The van der Waals surface area contributed by atoms with Crippen LogP contribution in [-0.4, -0.2) is 65.8 Å². The molecule has 0 atom stereocenters. The molecular weight excluding hydrogens is 420 g/mol. The molecule has 3 rings (SSSR count). The van der Waals surface area contributed by atoms with Crippen LogP contribution in [0.3, 0.4) is 0 Å². The Balaban J connectivity index is 1.51. The van der Waals surface area contributed by atoms with Gasteiger partial charge in [0.15, 0.2) is 0 Å². The number of fused-ring (bicyclic) bond motifs is 1. The van der Waals surface area contributed by atoms with Crippen LogP contribution in [0.25, 0.3) is 16.8 Å². The first-order valence-electron chi connectivity index (χ1n) is 11.4. The fourth-order valence-electron chi connectivity index (χ4n) is 3.73. The van der Waals surface area contributed by atoms with Crippen molar-refractivity contribution in [1.29, 1.82) is 5.26 Å². The van der Waals surface area contributed by atoms with Crippen molar-refractivity contribution in [3.63, 3.8) is 0 Å². The molecule has 0 bridgehead atoms. The van der Waals surface area contributed by atoms with E-state index < -0.39 is 5.97 Å². The number of nitriles is 1. The third-order valence-corrected chi connectivity index (χ3v) is 5.49. The lowest BCUT2D eigenvalue weighted by molar-refractivity contribution is -0.140. The second-order valence-electron chi connectivity index (χ2n) is 7.86. The average Bonchev–Trinajstić information content (AvgIpc) is 2.86. The van der Waals surface area contributed by atoms with Crippen molar-refractivity contribution in [2.45, 2.75) is 19.3 Å². The van der Waals surface area contributed by atoms with Crippen LogP contribution in [0, 0.1) is 11.3 Å². The molecule has 0 unspecified atom stereocenters. The second kappa shape index (κ2) is 13.6. The summed E-state index contributed by atoms with van der Waals surface area (Å²) < 4.78 is 20.7. The summed E-state index contributed by atoms with van der Waals surface area (Å²) in [7, 11) is 1.61. The van der Waals surface area contributed by atoms with E-state index in [0.717, 1.165) is 29.4 Å². The summed E-state index contributed by atoms with van der Waals surface area (Å²) >= 11 is 0. The highest BCUT2D eigenvalue weighted by molar-refractivity contribution is 5.98. The van der Waals surface area contributed by atoms with Gasteiger partial charge in [-0.05, 0) is 59.9 Å². The minimum atomic E-state index is -0.655. The number of anilines is 1. The largest absolute Gasteiger partial charge is 0.459 e. The Morgan fingerprint density at radius 3 is 2.33 bits per heavy atom. The van der Waals surface area contributed by atoms with Crippen molar-refractivity contribution in [3.8, 4) is 6.07 Å². The highest BCUT2D eigenvalue weighted by Gasteiger charge is 2.13. The van der Waals surface area contributed by atoms with E-state index in [1.54, 1.807) is 13.2 Å². The van der Waals surface area contributed by atoms with Gasteiger partial charge >= 0.3 is 5.97 Å². The van der Waals surface area contributed by atoms with Crippen LogP contribution in [0.4, 0.5) is 5.69 Å². The minimum absolute atomic E-state index is 0.0396. The molecule has 2 aromatic rings. The molecule has 176 valence electrons. The van der Waals surface area contributed by atoms with Gasteiger partial charge in [-0.25, -0.2) is 4.79 Å². The number of hydrogen-bond donors (Lipinski definition) is 0. The molecule has 1 aliphatic heterocycles. The fraction of sp³-hybridized carbons (Fsp3) is 0.462. The van der Waals surface area contributed by atoms with Crippen molar-refractivity contribution in [1.82, 2.24) is 0 Å². The van der Waals surface area contributed by atoms with Gasteiger partial charge in [0, 0.05) is 25.9 Å². The van der Waals surface area contributed by atoms with Gasteiger partial charge in [-0.15, -0.1) is 0 Å². The molecule has 7 heteroatoms. The molecule has 0 aromatic heterocycles. The third-order valence-electron chi connectivity index (χ3n) is 5.49. The Labute approximate surface area is 195 Å². The molecule has 2 aromatic carbocycles. The van der Waals surface area contributed by atoms with Gasteiger partial charge in [0.2, 0.25) is 0 Å². The van der Waals surface area contributed by atoms with E-state index in [9.17, 15) is 10.1 Å². The Morgan fingerprint density at radius 1 is 0.939 bits per heavy atom. The van der Waals surface area contributed by atoms with Crippen LogP contribution >= 0.6 is 0 Å². The Morgan fingerprint density at radius 2 is 1.61 bits per heavy atom. The molecule has 0 N–H and O–H groups in total. The Bertz CT molecular complexity index is 976. The lowest BCUT2D eigenvalue weighted by Crippen LogP contribution is -2.29. The summed E-state index contributed by atoms with van der Waals surface area (Å²) in [4.78, 5) is 14.7. The highest BCUT2D eigenvalue weighted by Crippen LogP contribution is 2.26. The fourth-order valence-corrected chi connectivity index (χ4v) is 3.73. The zero-order valence-electron chi connectivity index (χ0n) is 19.3. The maximum Gasteiger partial charge on any atom is 0.348 e. The highest BCUT2D eigenvalue weighted by atomic mass is 16.6. The molecule has 1 saturated heterocycles. The second-order valence-corrected chi connectivity index (χ2v) is 7.86. The summed E-state index contributed by atoms with van der Waals surface area (Å²) in [5, 5.41) is 11.6. The molecule has 1 heterocycles. The van der Waals surface area contributed by atoms with Crippen LogP contribution in [0.5, 0.6) is 0 Å². The maximum atomic E-state index is 12.3. The molecule has 0 aliphatic carbocycles. The number of piperidine rings is 1. The number of rotatable bonds is 12. The van der Waals surface area contributed by atoms with E-state index in [-0.39, 0.29) is 18.8 Å². The Kier molecular flexibility index (Phi) is 10.2. The summed E-state index contributed by atoms with van der Waals surface area (Å²) in [5.41, 5.74) is 1.99. The lowest BCUT2D eigenvalue weighted by atomic mass is 10.0. The smallest absolute Gasteiger partial charge is 0.348 e. The maximum absolute atomic E-state index is 12.3. The summed E-state index contributed by atoms with van der Waals surface area (Å²) in [6, 6.07) is 14.3. The van der Waals surface area contributed by atoms with Crippen molar-refractivity contribution >= 4 is 28.5 Å². The summed E-state index contributed by atoms with van der Waals surface area (Å²) in [6.45, 7) is 4.43. The predicted octanol–water partition coefficient (Wildman–Crippen LogP) is 3.96. The molecule has 1 fully saturated rings. The van der Waals surface area contributed by atoms with E-state index in [2.05, 4.69) is 23.1 Å². The van der Waals surface area contributed by atoms with Crippen molar-refractivity contribution in [2.75, 3.05) is 64.7 Å². The molecule has 1 aliphatic rings. The van der Waals surface area contributed by atoms with Gasteiger partial charge in [-0.1, -0.05) is 18.2 Å². The molecule has 0 amide bonds. The number of hydrogen-bond acceptors (Lipinski definition) is 7. The van der Waals surface area contributed by atoms with Crippen LogP contribution in [0.15, 0.2) is 42.0 Å². The number of esters is 1. The topological polar surface area (TPSA) is 81.0 Å². The zero-order chi connectivity index (χ0) is 23.3. The van der Waals surface area contributed by atoms with E-state index in [1.807, 2.05) is 24.3 Å². The van der Waals surface area contributed by atoms with Gasteiger partial charge in [0.1, 0.15) is 18.2 Å².